The average Bonchev–Trinajstić information content (AvgIpc) is 2.58. The number of alkyl halides is 5. The van der Waals surface area contributed by atoms with Gasteiger partial charge in [0.2, 0.25) is 0 Å². The van der Waals surface area contributed by atoms with Crippen molar-refractivity contribution in [2.45, 2.75) is 23.6 Å². The largest absolute Gasteiger partial charge is 0.466 e. The van der Waals surface area contributed by atoms with E-state index in [1.54, 1.807) is 0 Å². The number of hydrogen-bond acceptors (Lipinski definition) is 7. The molecule has 1 fully saturated rings. The van der Waals surface area contributed by atoms with Gasteiger partial charge in [0, 0.05) is 19.2 Å². The molecule has 0 bridgehead atoms. The van der Waals surface area contributed by atoms with Crippen LogP contribution in [0.3, 0.4) is 0 Å². The van der Waals surface area contributed by atoms with E-state index in [0.717, 1.165) is 0 Å². The minimum Gasteiger partial charge on any atom is -0.412 e. The van der Waals surface area contributed by atoms with Crippen molar-refractivity contribution < 1.29 is 58.7 Å². The van der Waals surface area contributed by atoms with E-state index in [1.165, 1.54) is 0 Å². The molecule has 1 heterocycles. The van der Waals surface area contributed by atoms with Gasteiger partial charge in [-0.2, -0.15) is 30.4 Å². The van der Waals surface area contributed by atoms with Crippen LogP contribution in [0.25, 0.3) is 0 Å². The van der Waals surface area contributed by atoms with Gasteiger partial charge in [0.1, 0.15) is 0 Å². The van der Waals surface area contributed by atoms with E-state index < -0.39 is 52.2 Å². The Morgan fingerprint density at radius 2 is 1.71 bits per heavy atom. The minimum atomic E-state index is -5.95. The molecule has 1 rings (SSSR count). The third kappa shape index (κ3) is 5.36. The molecule has 0 aromatic carbocycles. The van der Waals surface area contributed by atoms with Crippen molar-refractivity contribution in [2.24, 2.45) is 0 Å². The first-order chi connectivity index (χ1) is 12.7. The first kappa shape index (κ1) is 24.2. The summed E-state index contributed by atoms with van der Waals surface area (Å²) in [6, 6.07) is 0. The van der Waals surface area contributed by atoms with E-state index in [1.807, 2.05) is 0 Å². The van der Waals surface area contributed by atoms with Crippen molar-refractivity contribution in [1.82, 2.24) is 4.90 Å². The Hall–Kier alpha value is -1.84. The second kappa shape index (κ2) is 8.67. The zero-order chi connectivity index (χ0) is 21.8. The molecule has 0 spiro atoms. The summed E-state index contributed by atoms with van der Waals surface area (Å²) in [5.41, 5.74) is 0. The van der Waals surface area contributed by atoms with Gasteiger partial charge in [-0.05, 0) is 0 Å². The second-order valence-corrected chi connectivity index (χ2v) is 6.90. The fraction of sp³-hybridized carbons (Fsp3) is 0.692. The lowest BCUT2D eigenvalue weighted by molar-refractivity contribution is -0.351. The van der Waals surface area contributed by atoms with Crippen LogP contribution in [0.15, 0.2) is 12.7 Å². The fourth-order valence-electron chi connectivity index (χ4n) is 2.00. The summed E-state index contributed by atoms with van der Waals surface area (Å²) >= 11 is 0. The highest BCUT2D eigenvalue weighted by atomic mass is 32.2. The third-order valence-electron chi connectivity index (χ3n) is 3.44. The molecule has 0 aromatic rings. The lowest BCUT2D eigenvalue weighted by Gasteiger charge is -2.38. The lowest BCUT2D eigenvalue weighted by atomic mass is 10.2. The van der Waals surface area contributed by atoms with E-state index >= 15 is 0 Å². The number of amides is 1. The van der Waals surface area contributed by atoms with Crippen LogP contribution in [-0.4, -0.2) is 79.9 Å². The maximum Gasteiger partial charge on any atom is 0.466 e. The summed E-state index contributed by atoms with van der Waals surface area (Å²) in [6.45, 7) is 0.194. The number of rotatable bonds is 8. The summed E-state index contributed by atoms with van der Waals surface area (Å²) in [5, 5.41) is -4.87. The molecule has 1 saturated heterocycles. The SMILES string of the molecule is C=CC(=O)OC(OCCC(F)(F)S(=O)(=O)O)(C(=O)N1CCOCC1)C(F)(F)F. The number of nitrogens with zero attached hydrogens (tertiary/aromatic N) is 1. The lowest BCUT2D eigenvalue weighted by Crippen LogP contribution is -2.63. The maximum atomic E-state index is 13.7. The van der Waals surface area contributed by atoms with Crippen LogP contribution < -0.4 is 0 Å². The molecular weight excluding hydrogens is 425 g/mol. The Balaban J connectivity index is 3.22. The summed E-state index contributed by atoms with van der Waals surface area (Å²) in [5.74, 6) is -8.00. The molecule has 1 unspecified atom stereocenters. The highest BCUT2D eigenvalue weighted by molar-refractivity contribution is 7.86. The van der Waals surface area contributed by atoms with Crippen molar-refractivity contribution in [3.63, 3.8) is 0 Å². The zero-order valence-corrected chi connectivity index (χ0v) is 14.9. The van der Waals surface area contributed by atoms with E-state index in [9.17, 15) is 40.0 Å². The number of carbonyl (C=O) groups excluding carboxylic acids is 2. The van der Waals surface area contributed by atoms with Crippen molar-refractivity contribution in [3.05, 3.63) is 12.7 Å². The molecule has 1 aliphatic rings. The highest BCUT2D eigenvalue weighted by Gasteiger charge is 2.67. The van der Waals surface area contributed by atoms with Crippen LogP contribution >= 0.6 is 0 Å². The molecule has 9 nitrogen and oxygen atoms in total. The smallest absolute Gasteiger partial charge is 0.412 e. The van der Waals surface area contributed by atoms with E-state index in [0.29, 0.717) is 4.90 Å². The van der Waals surface area contributed by atoms with Crippen molar-refractivity contribution in [1.29, 1.82) is 0 Å². The number of ether oxygens (including phenoxy) is 3. The van der Waals surface area contributed by atoms with Gasteiger partial charge in [-0.1, -0.05) is 6.58 Å². The zero-order valence-electron chi connectivity index (χ0n) is 14.1. The molecular formula is C13H16F5NO8S. The maximum absolute atomic E-state index is 13.7. The molecule has 15 heteroatoms. The van der Waals surface area contributed by atoms with Gasteiger partial charge < -0.3 is 19.1 Å². The average molecular weight is 441 g/mol. The Bertz CT molecular complexity index is 704. The first-order valence-corrected chi connectivity index (χ1v) is 8.90. The van der Waals surface area contributed by atoms with Crippen LogP contribution in [0.1, 0.15) is 6.42 Å². The van der Waals surface area contributed by atoms with Crippen LogP contribution in [0.5, 0.6) is 0 Å². The molecule has 162 valence electrons. The predicted octanol–water partition coefficient (Wildman–Crippen LogP) is 0.720. The van der Waals surface area contributed by atoms with Gasteiger partial charge in [-0.25, -0.2) is 4.79 Å². The Labute approximate surface area is 155 Å². The molecule has 28 heavy (non-hydrogen) atoms. The first-order valence-electron chi connectivity index (χ1n) is 7.46. The van der Waals surface area contributed by atoms with Crippen molar-refractivity contribution in [3.8, 4) is 0 Å². The molecule has 1 amide bonds. The van der Waals surface area contributed by atoms with Crippen molar-refractivity contribution >= 4 is 22.0 Å². The molecule has 0 aliphatic carbocycles. The van der Waals surface area contributed by atoms with Crippen LogP contribution in [-0.2, 0) is 33.9 Å². The van der Waals surface area contributed by atoms with Gasteiger partial charge in [0.15, 0.2) is 0 Å². The van der Waals surface area contributed by atoms with Crippen molar-refractivity contribution in [2.75, 3.05) is 32.9 Å². The van der Waals surface area contributed by atoms with Crippen LogP contribution in [0.4, 0.5) is 22.0 Å². The van der Waals surface area contributed by atoms with Gasteiger partial charge in [-0.15, -0.1) is 0 Å². The third-order valence-corrected chi connectivity index (χ3v) is 4.40. The standard InChI is InChI=1S/C13H16F5NO8S/c1-2-9(20)27-12(13(16,17)18,10(21)19-4-7-25-8-5-19)26-6-3-11(14,15)28(22,23)24/h2H,1,3-8H2,(H,22,23,24). The van der Waals surface area contributed by atoms with Gasteiger partial charge >= 0.3 is 39.2 Å². The summed E-state index contributed by atoms with van der Waals surface area (Å²) in [6.07, 6.45) is -7.40. The molecule has 1 N–H and O–H groups in total. The summed E-state index contributed by atoms with van der Waals surface area (Å²) in [4.78, 5) is 24.4. The second-order valence-electron chi connectivity index (χ2n) is 5.35. The summed E-state index contributed by atoms with van der Waals surface area (Å²) in [7, 11) is -5.95. The van der Waals surface area contributed by atoms with E-state index in [-0.39, 0.29) is 32.4 Å². The molecule has 0 saturated carbocycles. The van der Waals surface area contributed by atoms with Gasteiger partial charge in [-0.3, -0.25) is 9.35 Å². The van der Waals surface area contributed by atoms with Gasteiger partial charge in [0.05, 0.1) is 26.2 Å². The van der Waals surface area contributed by atoms with E-state index in [4.69, 9.17) is 9.29 Å². The minimum absolute atomic E-state index is 0.143. The topological polar surface area (TPSA) is 119 Å². The number of morpholine rings is 1. The van der Waals surface area contributed by atoms with Crippen LogP contribution in [0, 0.1) is 0 Å². The van der Waals surface area contributed by atoms with E-state index in [2.05, 4.69) is 16.1 Å². The Kier molecular flexibility index (Phi) is 7.49. The fourth-order valence-corrected chi connectivity index (χ4v) is 2.34. The quantitative estimate of drug-likeness (QED) is 0.192. The van der Waals surface area contributed by atoms with Gasteiger partial charge in [0.25, 0.3) is 0 Å². The monoisotopic (exact) mass is 441 g/mol. The Morgan fingerprint density at radius 1 is 1.18 bits per heavy atom. The Morgan fingerprint density at radius 3 is 2.14 bits per heavy atom. The highest BCUT2D eigenvalue weighted by Crippen LogP contribution is 2.38. The molecule has 0 radical (unpaired) electrons. The number of hydrogen-bond donors (Lipinski definition) is 1. The number of carbonyl (C=O) groups is 2. The number of esters is 1. The predicted molar refractivity (Wildman–Crippen MR) is 79.5 cm³/mol. The number of halogens is 5. The van der Waals surface area contributed by atoms with Crippen LogP contribution in [0.2, 0.25) is 0 Å². The molecule has 1 aliphatic heterocycles. The molecule has 1 atom stereocenters. The normalized spacial score (nSPS) is 18.3. The summed E-state index contributed by atoms with van der Waals surface area (Å²) < 4.78 is 110. The molecule has 0 aromatic heterocycles.